The second kappa shape index (κ2) is 5.90. The maximum Gasteiger partial charge on any atom is 0.0755 e. The fraction of sp³-hybridized carbons (Fsp3) is 0.647. The van der Waals surface area contributed by atoms with Crippen LogP contribution in [-0.4, -0.2) is 30.8 Å². The van der Waals surface area contributed by atoms with Crippen LogP contribution in [0.3, 0.4) is 0 Å². The predicted molar refractivity (Wildman–Crippen MR) is 90.8 cm³/mol. The van der Waals surface area contributed by atoms with Crippen LogP contribution < -0.4 is 10.2 Å². The van der Waals surface area contributed by atoms with Gasteiger partial charge >= 0.3 is 0 Å². The fourth-order valence-electron chi connectivity index (χ4n) is 3.06. The fourth-order valence-corrected chi connectivity index (χ4v) is 3.57. The van der Waals surface area contributed by atoms with E-state index >= 15 is 0 Å². The normalized spacial score (nSPS) is 25.4. The van der Waals surface area contributed by atoms with Crippen LogP contribution in [0.2, 0.25) is 0 Å². The number of hydrogen-bond donors (Lipinski definition) is 1. The number of anilines is 1. The van der Waals surface area contributed by atoms with Gasteiger partial charge in [-0.3, -0.25) is 0 Å². The van der Waals surface area contributed by atoms with Crippen molar-refractivity contribution in [2.24, 2.45) is 0 Å². The van der Waals surface area contributed by atoms with E-state index in [0.29, 0.717) is 12.2 Å². The summed E-state index contributed by atoms with van der Waals surface area (Å²) in [4.78, 5) is 2.47. The van der Waals surface area contributed by atoms with Crippen molar-refractivity contribution < 1.29 is 4.74 Å². The van der Waals surface area contributed by atoms with Gasteiger partial charge in [-0.2, -0.15) is 0 Å². The van der Waals surface area contributed by atoms with E-state index in [1.807, 2.05) is 0 Å². The number of halogens is 1. The van der Waals surface area contributed by atoms with Crippen molar-refractivity contribution in [1.82, 2.24) is 5.32 Å². The predicted octanol–water partition coefficient (Wildman–Crippen LogP) is 3.70. The summed E-state index contributed by atoms with van der Waals surface area (Å²) >= 11 is 3.73. The van der Waals surface area contributed by atoms with Crippen LogP contribution in [0.25, 0.3) is 0 Å². The molecule has 0 radical (unpaired) electrons. The van der Waals surface area contributed by atoms with Crippen LogP contribution >= 0.6 is 15.9 Å². The molecule has 1 N–H and O–H groups in total. The van der Waals surface area contributed by atoms with Gasteiger partial charge in [0.2, 0.25) is 0 Å². The minimum Gasteiger partial charge on any atom is -0.371 e. The molecule has 0 aromatic heterocycles. The molecule has 4 heteroatoms. The van der Waals surface area contributed by atoms with Crippen LogP contribution in [0.15, 0.2) is 22.7 Å². The first kappa shape index (κ1) is 15.3. The molecule has 0 saturated carbocycles. The number of morpholine rings is 1. The van der Waals surface area contributed by atoms with Gasteiger partial charge in [-0.15, -0.1) is 0 Å². The Hall–Kier alpha value is -0.580. The highest BCUT2D eigenvalue weighted by Gasteiger charge is 2.33. The molecule has 2 saturated heterocycles. The molecule has 1 aromatic carbocycles. The molecular formula is C17H25BrN2O. The SMILES string of the molecule is CC(C)(C)NCc1ccc(N2CC3CCC(C2)O3)cc1Br. The zero-order valence-corrected chi connectivity index (χ0v) is 14.7. The zero-order chi connectivity index (χ0) is 15.0. The smallest absolute Gasteiger partial charge is 0.0755 e. The van der Waals surface area contributed by atoms with Crippen LogP contribution in [0.1, 0.15) is 39.2 Å². The molecule has 116 valence electrons. The average molecular weight is 353 g/mol. The first-order chi connectivity index (χ1) is 9.90. The first-order valence-corrected chi connectivity index (χ1v) is 8.64. The summed E-state index contributed by atoms with van der Waals surface area (Å²) in [6.07, 6.45) is 3.31. The highest BCUT2D eigenvalue weighted by atomic mass is 79.9. The lowest BCUT2D eigenvalue weighted by molar-refractivity contribution is 0.0305. The summed E-state index contributed by atoms with van der Waals surface area (Å²) < 4.78 is 7.11. The molecule has 0 aliphatic carbocycles. The van der Waals surface area contributed by atoms with Crippen molar-refractivity contribution >= 4 is 21.6 Å². The molecule has 0 amide bonds. The van der Waals surface area contributed by atoms with E-state index in [0.717, 1.165) is 19.6 Å². The second-order valence-corrected chi connectivity index (χ2v) is 8.10. The van der Waals surface area contributed by atoms with Crippen LogP contribution in [0.5, 0.6) is 0 Å². The number of benzene rings is 1. The number of ether oxygens (including phenoxy) is 1. The molecule has 2 heterocycles. The Labute approximate surface area is 136 Å². The van der Waals surface area contributed by atoms with E-state index in [-0.39, 0.29) is 5.54 Å². The molecule has 0 spiro atoms. The maximum absolute atomic E-state index is 5.92. The summed E-state index contributed by atoms with van der Waals surface area (Å²) in [6.45, 7) is 9.53. The zero-order valence-electron chi connectivity index (χ0n) is 13.2. The highest BCUT2D eigenvalue weighted by molar-refractivity contribution is 9.10. The van der Waals surface area contributed by atoms with Crippen LogP contribution in [-0.2, 0) is 11.3 Å². The lowest BCUT2D eigenvalue weighted by atomic mass is 10.1. The van der Waals surface area contributed by atoms with Crippen molar-refractivity contribution in [2.45, 2.75) is 57.9 Å². The van der Waals surface area contributed by atoms with Gasteiger partial charge in [-0.1, -0.05) is 22.0 Å². The third-order valence-electron chi connectivity index (χ3n) is 4.25. The topological polar surface area (TPSA) is 24.5 Å². The van der Waals surface area contributed by atoms with Gasteiger partial charge < -0.3 is 15.0 Å². The monoisotopic (exact) mass is 352 g/mol. The minimum atomic E-state index is 0.140. The molecule has 2 aliphatic rings. The van der Waals surface area contributed by atoms with Crippen molar-refractivity contribution in [3.05, 3.63) is 28.2 Å². The van der Waals surface area contributed by atoms with Crippen molar-refractivity contribution in [2.75, 3.05) is 18.0 Å². The quantitative estimate of drug-likeness (QED) is 0.897. The Bertz CT molecular complexity index is 500. The third-order valence-corrected chi connectivity index (χ3v) is 4.99. The molecule has 2 aliphatic heterocycles. The molecule has 2 unspecified atom stereocenters. The molecule has 2 atom stereocenters. The number of hydrogen-bond acceptors (Lipinski definition) is 3. The van der Waals surface area contributed by atoms with Gasteiger partial charge in [-0.05, 0) is 51.3 Å². The lowest BCUT2D eigenvalue weighted by Crippen LogP contribution is -2.42. The van der Waals surface area contributed by atoms with Crippen molar-refractivity contribution in [3.8, 4) is 0 Å². The molecule has 2 fully saturated rings. The highest BCUT2D eigenvalue weighted by Crippen LogP contribution is 2.31. The van der Waals surface area contributed by atoms with Crippen molar-refractivity contribution in [3.63, 3.8) is 0 Å². The van der Waals surface area contributed by atoms with E-state index < -0.39 is 0 Å². The van der Waals surface area contributed by atoms with Gasteiger partial charge in [-0.25, -0.2) is 0 Å². The summed E-state index contributed by atoms with van der Waals surface area (Å²) in [5, 5.41) is 3.54. The van der Waals surface area contributed by atoms with E-state index in [2.05, 4.69) is 65.1 Å². The summed E-state index contributed by atoms with van der Waals surface area (Å²) in [6, 6.07) is 6.73. The largest absolute Gasteiger partial charge is 0.371 e. The average Bonchev–Trinajstić information content (AvgIpc) is 2.75. The molecule has 3 rings (SSSR count). The van der Waals surface area contributed by atoms with E-state index in [1.54, 1.807) is 0 Å². The second-order valence-electron chi connectivity index (χ2n) is 7.24. The first-order valence-electron chi connectivity index (χ1n) is 7.84. The Morgan fingerprint density at radius 3 is 2.48 bits per heavy atom. The number of nitrogens with one attached hydrogen (secondary N) is 1. The van der Waals surface area contributed by atoms with Crippen molar-refractivity contribution in [1.29, 1.82) is 0 Å². The standard InChI is InChI=1S/C17H25BrN2O/c1-17(2,3)19-9-12-4-5-13(8-16(12)18)20-10-14-6-7-15(11-20)21-14/h4-5,8,14-15,19H,6-7,9-11H2,1-3H3. The Balaban J connectivity index is 1.69. The summed E-state index contributed by atoms with van der Waals surface area (Å²) in [5.41, 5.74) is 2.76. The Morgan fingerprint density at radius 2 is 1.90 bits per heavy atom. The van der Waals surface area contributed by atoms with E-state index in [1.165, 1.54) is 28.6 Å². The Kier molecular flexibility index (Phi) is 4.30. The summed E-state index contributed by atoms with van der Waals surface area (Å²) in [5.74, 6) is 0. The van der Waals surface area contributed by atoms with Crippen LogP contribution in [0, 0.1) is 0 Å². The van der Waals surface area contributed by atoms with Gasteiger partial charge in [0.15, 0.2) is 0 Å². The molecule has 3 nitrogen and oxygen atoms in total. The number of fused-ring (bicyclic) bond motifs is 2. The number of nitrogens with zero attached hydrogens (tertiary/aromatic N) is 1. The number of rotatable bonds is 3. The van der Waals surface area contributed by atoms with E-state index in [9.17, 15) is 0 Å². The molecular weight excluding hydrogens is 328 g/mol. The molecule has 1 aromatic rings. The summed E-state index contributed by atoms with van der Waals surface area (Å²) in [7, 11) is 0. The Morgan fingerprint density at radius 1 is 1.24 bits per heavy atom. The van der Waals surface area contributed by atoms with Gasteiger partial charge in [0.1, 0.15) is 0 Å². The molecule has 2 bridgehead atoms. The third kappa shape index (κ3) is 3.79. The van der Waals surface area contributed by atoms with Gasteiger partial charge in [0.05, 0.1) is 12.2 Å². The molecule has 21 heavy (non-hydrogen) atoms. The maximum atomic E-state index is 5.92. The lowest BCUT2D eigenvalue weighted by Gasteiger charge is -2.34. The van der Waals surface area contributed by atoms with Crippen LogP contribution in [0.4, 0.5) is 5.69 Å². The minimum absolute atomic E-state index is 0.140. The van der Waals surface area contributed by atoms with Gasteiger partial charge in [0.25, 0.3) is 0 Å². The van der Waals surface area contributed by atoms with Gasteiger partial charge in [0, 0.05) is 35.3 Å². The van der Waals surface area contributed by atoms with E-state index in [4.69, 9.17) is 4.74 Å².